The number of carbonyl (C=O) groups excluding carboxylic acids is 1. The third-order valence-electron chi connectivity index (χ3n) is 4.80. The van der Waals surface area contributed by atoms with E-state index in [1.807, 2.05) is 17.7 Å². The molecule has 0 aliphatic heterocycles. The highest BCUT2D eigenvalue weighted by molar-refractivity contribution is 7.20. The zero-order chi connectivity index (χ0) is 18.3. The first kappa shape index (κ1) is 19.8. The van der Waals surface area contributed by atoms with Gasteiger partial charge in [0.2, 0.25) is 0 Å². The first-order valence-corrected chi connectivity index (χ1v) is 9.58. The fraction of sp³-hybridized carbons (Fsp3) is 0.368. The molecule has 0 radical (unpaired) electrons. The maximum Gasteiger partial charge on any atom is 0.261 e. The number of benzene rings is 1. The van der Waals surface area contributed by atoms with Gasteiger partial charge in [-0.25, -0.2) is 4.39 Å². The molecule has 1 atom stereocenters. The lowest BCUT2D eigenvalue weighted by molar-refractivity contribution is 0.0954. The summed E-state index contributed by atoms with van der Waals surface area (Å²) in [4.78, 5) is 14.1. The Bertz CT molecular complexity index is 949. The van der Waals surface area contributed by atoms with Crippen molar-refractivity contribution >= 4 is 39.9 Å². The summed E-state index contributed by atoms with van der Waals surface area (Å²) in [6.07, 6.45) is 2.33. The average molecular weight is 409 g/mol. The van der Waals surface area contributed by atoms with Gasteiger partial charge in [0.25, 0.3) is 5.91 Å². The fourth-order valence-electron chi connectivity index (χ4n) is 3.08. The SMILES string of the molecule is Cc1nn(Cc2ccc(F)cc2)c2sc(C(=O)NCC(N)C3CC3)cc12.Cl. The summed E-state index contributed by atoms with van der Waals surface area (Å²) in [6, 6.07) is 8.32. The fourth-order valence-corrected chi connectivity index (χ4v) is 4.16. The lowest BCUT2D eigenvalue weighted by Crippen LogP contribution is -2.38. The van der Waals surface area contributed by atoms with Crippen LogP contribution in [-0.4, -0.2) is 28.3 Å². The number of nitrogens with two attached hydrogens (primary N) is 1. The van der Waals surface area contributed by atoms with Crippen molar-refractivity contribution in [2.24, 2.45) is 11.7 Å². The maximum atomic E-state index is 13.1. The number of aromatic nitrogens is 2. The van der Waals surface area contributed by atoms with Crippen LogP contribution in [0, 0.1) is 18.7 Å². The van der Waals surface area contributed by atoms with Crippen LogP contribution < -0.4 is 11.1 Å². The third-order valence-corrected chi connectivity index (χ3v) is 5.95. The number of fused-ring (bicyclic) bond motifs is 1. The molecule has 2 heterocycles. The number of hydrogen-bond acceptors (Lipinski definition) is 4. The lowest BCUT2D eigenvalue weighted by atomic mass is 10.2. The second-order valence-electron chi connectivity index (χ2n) is 6.91. The van der Waals surface area contributed by atoms with Crippen LogP contribution in [0.1, 0.15) is 33.8 Å². The molecule has 1 aromatic carbocycles. The van der Waals surface area contributed by atoms with Gasteiger partial charge in [-0.05, 0) is 49.4 Å². The molecule has 1 fully saturated rings. The summed E-state index contributed by atoms with van der Waals surface area (Å²) in [6.45, 7) is 2.98. The highest BCUT2D eigenvalue weighted by Crippen LogP contribution is 2.31. The van der Waals surface area contributed by atoms with E-state index < -0.39 is 0 Å². The molecular weight excluding hydrogens is 387 g/mol. The van der Waals surface area contributed by atoms with E-state index in [-0.39, 0.29) is 30.2 Å². The predicted octanol–water partition coefficient (Wildman–Crippen LogP) is 3.48. The van der Waals surface area contributed by atoms with E-state index >= 15 is 0 Å². The molecule has 1 aliphatic carbocycles. The summed E-state index contributed by atoms with van der Waals surface area (Å²) in [5.74, 6) is 0.217. The third kappa shape index (κ3) is 4.31. The van der Waals surface area contributed by atoms with E-state index in [1.165, 1.54) is 36.3 Å². The van der Waals surface area contributed by atoms with Crippen LogP contribution in [0.3, 0.4) is 0 Å². The van der Waals surface area contributed by atoms with Gasteiger partial charge in [-0.1, -0.05) is 12.1 Å². The van der Waals surface area contributed by atoms with Crippen molar-refractivity contribution in [3.63, 3.8) is 0 Å². The smallest absolute Gasteiger partial charge is 0.261 e. The molecule has 1 saturated carbocycles. The Balaban J connectivity index is 0.00000210. The molecule has 1 aliphatic rings. The predicted molar refractivity (Wildman–Crippen MR) is 108 cm³/mol. The summed E-state index contributed by atoms with van der Waals surface area (Å²) >= 11 is 1.42. The summed E-state index contributed by atoms with van der Waals surface area (Å²) in [5.41, 5.74) is 7.90. The zero-order valence-electron chi connectivity index (χ0n) is 14.9. The molecule has 27 heavy (non-hydrogen) atoms. The Labute approximate surface area is 167 Å². The number of amides is 1. The number of halogens is 2. The summed E-state index contributed by atoms with van der Waals surface area (Å²) in [5, 5.41) is 8.48. The van der Waals surface area contributed by atoms with Gasteiger partial charge in [0.15, 0.2) is 0 Å². The average Bonchev–Trinajstić information content (AvgIpc) is 3.31. The Hall–Kier alpha value is -1.96. The molecule has 1 unspecified atom stereocenters. The number of thiophene rings is 1. The highest BCUT2D eigenvalue weighted by Gasteiger charge is 2.28. The van der Waals surface area contributed by atoms with Crippen molar-refractivity contribution in [3.05, 3.63) is 52.3 Å². The Morgan fingerprint density at radius 1 is 1.41 bits per heavy atom. The van der Waals surface area contributed by atoms with Crippen LogP contribution in [0.25, 0.3) is 10.2 Å². The Morgan fingerprint density at radius 2 is 2.11 bits per heavy atom. The number of nitrogens with zero attached hydrogens (tertiary/aromatic N) is 2. The highest BCUT2D eigenvalue weighted by atomic mass is 35.5. The lowest BCUT2D eigenvalue weighted by Gasteiger charge is -2.10. The molecule has 5 nitrogen and oxygen atoms in total. The zero-order valence-corrected chi connectivity index (χ0v) is 16.6. The Kier molecular flexibility index (Phi) is 5.83. The second-order valence-corrected chi connectivity index (χ2v) is 7.94. The summed E-state index contributed by atoms with van der Waals surface area (Å²) in [7, 11) is 0. The molecule has 1 amide bonds. The van der Waals surface area contributed by atoms with E-state index in [2.05, 4.69) is 10.4 Å². The van der Waals surface area contributed by atoms with Crippen LogP contribution in [0.4, 0.5) is 4.39 Å². The minimum absolute atomic E-state index is 0. The van der Waals surface area contributed by atoms with Crippen molar-refractivity contribution < 1.29 is 9.18 Å². The monoisotopic (exact) mass is 408 g/mol. The Morgan fingerprint density at radius 3 is 2.78 bits per heavy atom. The first-order valence-electron chi connectivity index (χ1n) is 8.76. The number of hydrogen-bond donors (Lipinski definition) is 2. The van der Waals surface area contributed by atoms with E-state index in [9.17, 15) is 9.18 Å². The molecule has 144 valence electrons. The van der Waals surface area contributed by atoms with Crippen molar-refractivity contribution in [1.29, 1.82) is 0 Å². The van der Waals surface area contributed by atoms with Crippen molar-refractivity contribution in [2.75, 3.05) is 6.54 Å². The standard InChI is InChI=1S/C19H21FN4OS.ClH/c1-11-15-8-17(18(25)22-9-16(21)13-4-5-13)26-19(15)24(23-11)10-12-2-6-14(20)7-3-12;/h2-3,6-8,13,16H,4-5,9-10,21H2,1H3,(H,22,25);1H. The second kappa shape index (κ2) is 7.96. The van der Waals surface area contributed by atoms with Crippen LogP contribution in [0.15, 0.2) is 30.3 Å². The summed E-state index contributed by atoms with van der Waals surface area (Å²) < 4.78 is 15.0. The van der Waals surface area contributed by atoms with Gasteiger partial charge >= 0.3 is 0 Å². The van der Waals surface area contributed by atoms with Crippen LogP contribution >= 0.6 is 23.7 Å². The molecule has 8 heteroatoms. The molecule has 3 aromatic rings. The van der Waals surface area contributed by atoms with Crippen molar-refractivity contribution in [1.82, 2.24) is 15.1 Å². The molecule has 0 bridgehead atoms. The van der Waals surface area contributed by atoms with Crippen LogP contribution in [0.5, 0.6) is 0 Å². The minimum atomic E-state index is -0.255. The maximum absolute atomic E-state index is 13.1. The topological polar surface area (TPSA) is 72.9 Å². The number of nitrogens with one attached hydrogen (secondary N) is 1. The molecule has 0 spiro atoms. The van der Waals surface area contributed by atoms with E-state index in [1.54, 1.807) is 12.1 Å². The van der Waals surface area contributed by atoms with Gasteiger partial charge < -0.3 is 11.1 Å². The minimum Gasteiger partial charge on any atom is -0.350 e. The molecule has 3 N–H and O–H groups in total. The number of carbonyl (C=O) groups is 1. The van der Waals surface area contributed by atoms with Gasteiger partial charge in [0.1, 0.15) is 10.6 Å². The molecule has 2 aromatic heterocycles. The largest absolute Gasteiger partial charge is 0.350 e. The molecule has 0 saturated heterocycles. The molecular formula is C19H22ClFN4OS. The normalized spacial score (nSPS) is 14.8. The first-order chi connectivity index (χ1) is 12.5. The van der Waals surface area contributed by atoms with Gasteiger partial charge in [0, 0.05) is 18.0 Å². The van der Waals surface area contributed by atoms with E-state index in [0.717, 1.165) is 21.5 Å². The van der Waals surface area contributed by atoms with E-state index in [0.29, 0.717) is 23.9 Å². The van der Waals surface area contributed by atoms with Gasteiger partial charge in [-0.2, -0.15) is 5.10 Å². The van der Waals surface area contributed by atoms with E-state index in [4.69, 9.17) is 5.73 Å². The molecule has 4 rings (SSSR count). The van der Waals surface area contributed by atoms with Gasteiger partial charge in [0.05, 0.1) is 17.1 Å². The number of rotatable bonds is 6. The van der Waals surface area contributed by atoms with Gasteiger partial charge in [-0.15, -0.1) is 23.7 Å². The van der Waals surface area contributed by atoms with Crippen molar-refractivity contribution in [2.45, 2.75) is 32.4 Å². The quantitative estimate of drug-likeness (QED) is 0.655. The van der Waals surface area contributed by atoms with Gasteiger partial charge in [-0.3, -0.25) is 9.48 Å². The van der Waals surface area contributed by atoms with Crippen LogP contribution in [-0.2, 0) is 6.54 Å². The van der Waals surface area contributed by atoms with Crippen LogP contribution in [0.2, 0.25) is 0 Å². The number of aryl methyl sites for hydroxylation is 1. The van der Waals surface area contributed by atoms with Crippen molar-refractivity contribution in [3.8, 4) is 0 Å².